The SMILES string of the molecule is CCC1CCCN1C(=O)c1ccc(CN(C2CCCCNC2=O)S(=O)(=O)c2ccc(Cl)cc2)cc1. The number of nitrogens with zero attached hydrogens (tertiary/aromatic N) is 2. The third-order valence-corrected chi connectivity index (χ3v) is 9.04. The average molecular weight is 518 g/mol. The molecule has 0 saturated carbocycles. The maximum absolute atomic E-state index is 13.7. The second kappa shape index (κ2) is 11.1. The van der Waals surface area contributed by atoms with E-state index < -0.39 is 16.1 Å². The Morgan fingerprint density at radius 3 is 2.46 bits per heavy atom. The third-order valence-electron chi connectivity index (χ3n) is 6.92. The second-order valence-electron chi connectivity index (χ2n) is 9.21. The molecule has 2 atom stereocenters. The van der Waals surface area contributed by atoms with Crippen LogP contribution in [0.25, 0.3) is 0 Å². The monoisotopic (exact) mass is 517 g/mol. The standard InChI is InChI=1S/C26H32ClN3O4S/c1-2-22-6-5-17-29(22)26(32)20-10-8-19(9-11-20)18-30(24-7-3-4-16-28-25(24)31)35(33,34)23-14-12-21(27)13-15-23/h8-15,22,24H,2-7,16-18H2,1H3,(H,28,31). The molecule has 2 aromatic rings. The molecule has 2 saturated heterocycles. The van der Waals surface area contributed by atoms with Crippen LogP contribution in [-0.2, 0) is 21.4 Å². The number of hydrogen-bond acceptors (Lipinski definition) is 4. The predicted octanol–water partition coefficient (Wildman–Crippen LogP) is 4.21. The van der Waals surface area contributed by atoms with Gasteiger partial charge in [-0.3, -0.25) is 9.59 Å². The molecule has 9 heteroatoms. The molecule has 1 N–H and O–H groups in total. The maximum Gasteiger partial charge on any atom is 0.254 e. The van der Waals surface area contributed by atoms with E-state index in [2.05, 4.69) is 12.2 Å². The van der Waals surface area contributed by atoms with Gasteiger partial charge in [0.15, 0.2) is 0 Å². The third kappa shape index (κ3) is 5.71. The van der Waals surface area contributed by atoms with E-state index in [4.69, 9.17) is 11.6 Å². The Balaban J connectivity index is 1.61. The van der Waals surface area contributed by atoms with Crippen molar-refractivity contribution < 1.29 is 18.0 Å². The summed E-state index contributed by atoms with van der Waals surface area (Å²) in [6.45, 7) is 3.43. The molecule has 0 aliphatic carbocycles. The second-order valence-corrected chi connectivity index (χ2v) is 11.5. The highest BCUT2D eigenvalue weighted by molar-refractivity contribution is 7.89. The molecular formula is C26H32ClN3O4S. The van der Waals surface area contributed by atoms with Gasteiger partial charge in [-0.1, -0.05) is 30.7 Å². The fourth-order valence-corrected chi connectivity index (χ4v) is 6.66. The van der Waals surface area contributed by atoms with Gasteiger partial charge in [0, 0.05) is 36.3 Å². The lowest BCUT2D eigenvalue weighted by molar-refractivity contribution is -0.124. The molecule has 0 spiro atoms. The number of carbonyl (C=O) groups is 2. The van der Waals surface area contributed by atoms with Crippen LogP contribution in [0.1, 0.15) is 61.4 Å². The summed E-state index contributed by atoms with van der Waals surface area (Å²) >= 11 is 5.97. The smallest absolute Gasteiger partial charge is 0.254 e. The van der Waals surface area contributed by atoms with Crippen molar-refractivity contribution >= 4 is 33.4 Å². The van der Waals surface area contributed by atoms with Crippen LogP contribution < -0.4 is 5.32 Å². The van der Waals surface area contributed by atoms with Gasteiger partial charge in [-0.05, 0) is 80.5 Å². The Bertz CT molecular complexity index is 1150. The van der Waals surface area contributed by atoms with Crippen LogP contribution in [0.4, 0.5) is 0 Å². The van der Waals surface area contributed by atoms with Crippen molar-refractivity contribution in [3.05, 3.63) is 64.7 Å². The Morgan fingerprint density at radius 2 is 1.77 bits per heavy atom. The van der Waals surface area contributed by atoms with Crippen LogP contribution in [0, 0.1) is 0 Å². The van der Waals surface area contributed by atoms with Gasteiger partial charge in [-0.15, -0.1) is 0 Å². The highest BCUT2D eigenvalue weighted by Crippen LogP contribution is 2.27. The number of rotatable bonds is 7. The number of carbonyl (C=O) groups excluding carboxylic acids is 2. The van der Waals surface area contributed by atoms with E-state index in [1.165, 1.54) is 28.6 Å². The van der Waals surface area contributed by atoms with Crippen molar-refractivity contribution in [2.75, 3.05) is 13.1 Å². The van der Waals surface area contributed by atoms with Crippen molar-refractivity contribution in [2.24, 2.45) is 0 Å². The molecule has 188 valence electrons. The Hall–Kier alpha value is -2.42. The fraction of sp³-hybridized carbons (Fsp3) is 0.462. The zero-order valence-electron chi connectivity index (χ0n) is 20.0. The van der Waals surface area contributed by atoms with Crippen molar-refractivity contribution in [1.82, 2.24) is 14.5 Å². The summed E-state index contributed by atoms with van der Waals surface area (Å²) in [6.07, 6.45) is 4.99. The first-order valence-electron chi connectivity index (χ1n) is 12.3. The minimum atomic E-state index is -3.98. The van der Waals surface area contributed by atoms with Gasteiger partial charge >= 0.3 is 0 Å². The fourth-order valence-electron chi connectivity index (χ4n) is 4.93. The normalized spacial score (nSPS) is 21.1. The van der Waals surface area contributed by atoms with Crippen molar-refractivity contribution in [1.29, 1.82) is 0 Å². The Kier molecular flexibility index (Phi) is 8.14. The van der Waals surface area contributed by atoms with Gasteiger partial charge in [0.25, 0.3) is 5.91 Å². The molecule has 2 aromatic carbocycles. The van der Waals surface area contributed by atoms with Gasteiger partial charge in [-0.2, -0.15) is 4.31 Å². The minimum absolute atomic E-state index is 0.00897. The lowest BCUT2D eigenvalue weighted by Crippen LogP contribution is -2.48. The molecule has 2 aliphatic heterocycles. The first kappa shape index (κ1) is 25.7. The molecule has 2 unspecified atom stereocenters. The van der Waals surface area contributed by atoms with Gasteiger partial charge < -0.3 is 10.2 Å². The molecule has 0 aromatic heterocycles. The first-order valence-corrected chi connectivity index (χ1v) is 14.1. The first-order chi connectivity index (χ1) is 16.8. The van der Waals surface area contributed by atoms with Crippen molar-refractivity contribution in [3.8, 4) is 0 Å². The van der Waals surface area contributed by atoms with E-state index >= 15 is 0 Å². The molecule has 2 aliphatic rings. The summed E-state index contributed by atoms with van der Waals surface area (Å²) in [5.41, 5.74) is 1.30. The number of halogens is 1. The molecule has 35 heavy (non-hydrogen) atoms. The summed E-state index contributed by atoms with van der Waals surface area (Å²) in [5.74, 6) is -0.277. The topological polar surface area (TPSA) is 86.8 Å². The van der Waals surface area contributed by atoms with E-state index in [1.54, 1.807) is 24.3 Å². The van der Waals surface area contributed by atoms with E-state index in [0.717, 1.165) is 38.6 Å². The van der Waals surface area contributed by atoms with Gasteiger partial charge in [0.05, 0.1) is 4.90 Å². The summed E-state index contributed by atoms with van der Waals surface area (Å²) < 4.78 is 28.6. The highest BCUT2D eigenvalue weighted by atomic mass is 35.5. The van der Waals surface area contributed by atoms with Crippen LogP contribution in [0.15, 0.2) is 53.4 Å². The molecule has 4 rings (SSSR count). The zero-order chi connectivity index (χ0) is 25.0. The van der Waals surface area contributed by atoms with Crippen LogP contribution in [0.5, 0.6) is 0 Å². The van der Waals surface area contributed by atoms with Gasteiger partial charge in [0.1, 0.15) is 6.04 Å². The largest absolute Gasteiger partial charge is 0.355 e. The number of benzene rings is 2. The predicted molar refractivity (Wildman–Crippen MR) is 136 cm³/mol. The number of likely N-dealkylation sites (tertiary alicyclic amines) is 1. The van der Waals surface area contributed by atoms with E-state index in [-0.39, 0.29) is 29.3 Å². The number of amides is 2. The van der Waals surface area contributed by atoms with Crippen LogP contribution in [-0.4, -0.2) is 54.6 Å². The number of nitrogens with one attached hydrogen (secondary N) is 1. The number of sulfonamides is 1. The molecule has 7 nitrogen and oxygen atoms in total. The van der Waals surface area contributed by atoms with Crippen molar-refractivity contribution in [3.63, 3.8) is 0 Å². The Morgan fingerprint density at radius 1 is 1.06 bits per heavy atom. The van der Waals surface area contributed by atoms with Crippen LogP contribution in [0.2, 0.25) is 5.02 Å². The van der Waals surface area contributed by atoms with E-state index in [9.17, 15) is 18.0 Å². The molecule has 0 radical (unpaired) electrons. The molecule has 0 bridgehead atoms. The quantitative estimate of drug-likeness (QED) is 0.596. The average Bonchev–Trinajstić information content (AvgIpc) is 3.24. The molecular weight excluding hydrogens is 486 g/mol. The summed E-state index contributed by atoms with van der Waals surface area (Å²) in [4.78, 5) is 27.9. The summed E-state index contributed by atoms with van der Waals surface area (Å²) in [6, 6.07) is 12.5. The summed E-state index contributed by atoms with van der Waals surface area (Å²) in [5, 5.41) is 3.28. The maximum atomic E-state index is 13.7. The lowest BCUT2D eigenvalue weighted by atomic mass is 10.1. The van der Waals surface area contributed by atoms with Crippen molar-refractivity contribution in [2.45, 2.75) is 69.0 Å². The number of hydrogen-bond donors (Lipinski definition) is 1. The van der Waals surface area contributed by atoms with Crippen LogP contribution in [0.3, 0.4) is 0 Å². The van der Waals surface area contributed by atoms with Crippen LogP contribution >= 0.6 is 11.6 Å². The van der Waals surface area contributed by atoms with Gasteiger partial charge in [-0.25, -0.2) is 8.42 Å². The summed E-state index contributed by atoms with van der Waals surface area (Å²) in [7, 11) is -3.98. The highest BCUT2D eigenvalue weighted by Gasteiger charge is 2.36. The lowest BCUT2D eigenvalue weighted by Gasteiger charge is -2.29. The molecule has 2 amide bonds. The molecule has 2 fully saturated rings. The van der Waals surface area contributed by atoms with E-state index in [1.807, 2.05) is 4.90 Å². The minimum Gasteiger partial charge on any atom is -0.355 e. The molecule has 2 heterocycles. The zero-order valence-corrected chi connectivity index (χ0v) is 21.5. The van der Waals surface area contributed by atoms with Gasteiger partial charge in [0.2, 0.25) is 15.9 Å². The van der Waals surface area contributed by atoms with E-state index in [0.29, 0.717) is 29.1 Å². The Labute approximate surface area is 212 Å².